The number of carbonyl (C=O) groups excluding carboxylic acids is 1. The first-order valence-electron chi connectivity index (χ1n) is 4.92. The molecule has 1 fully saturated rings. The van der Waals surface area contributed by atoms with Crippen LogP contribution in [0.1, 0.15) is 27.2 Å². The molecular weight excluding hydrogens is 180 g/mol. The Morgan fingerprint density at radius 1 is 1.57 bits per heavy atom. The minimum atomic E-state index is -0.424. The predicted molar refractivity (Wildman–Crippen MR) is 54.7 cm³/mol. The van der Waals surface area contributed by atoms with Gasteiger partial charge in [0.05, 0.1) is 0 Å². The smallest absolute Gasteiger partial charge is 0.407 e. The molecular formula is C10H19N2O2-. The number of hydrogen-bond acceptors (Lipinski definition) is 3. The number of likely N-dealkylation sites (tertiary alicyclic amines) is 1. The fourth-order valence-corrected chi connectivity index (χ4v) is 1.42. The monoisotopic (exact) mass is 199 g/mol. The van der Waals surface area contributed by atoms with E-state index in [9.17, 15) is 4.79 Å². The maximum atomic E-state index is 11.3. The normalized spacial score (nSPS) is 23.6. The van der Waals surface area contributed by atoms with Gasteiger partial charge in [-0.3, -0.25) is 7.05 Å². The number of amides is 1. The van der Waals surface area contributed by atoms with Gasteiger partial charge in [0.1, 0.15) is 5.60 Å². The molecule has 1 aliphatic rings. The molecule has 82 valence electrons. The van der Waals surface area contributed by atoms with Gasteiger partial charge in [0, 0.05) is 6.04 Å². The highest BCUT2D eigenvalue weighted by Crippen LogP contribution is 2.10. The predicted octanol–water partition coefficient (Wildman–Crippen LogP) is 1.38. The summed E-state index contributed by atoms with van der Waals surface area (Å²) in [5, 5.41) is 2.82. The maximum absolute atomic E-state index is 11.3. The van der Waals surface area contributed by atoms with Crippen LogP contribution in [0.25, 0.3) is 0 Å². The van der Waals surface area contributed by atoms with Crippen molar-refractivity contribution in [3.63, 3.8) is 0 Å². The highest BCUT2D eigenvalue weighted by molar-refractivity contribution is 5.68. The van der Waals surface area contributed by atoms with E-state index < -0.39 is 5.60 Å². The number of ether oxygens (including phenoxy) is 1. The first-order valence-corrected chi connectivity index (χ1v) is 4.92. The van der Waals surface area contributed by atoms with Gasteiger partial charge in [-0.05, 0) is 40.3 Å². The molecule has 0 aromatic heterocycles. The summed E-state index contributed by atoms with van der Waals surface area (Å²) in [6.45, 7) is 7.30. The van der Waals surface area contributed by atoms with Crippen LogP contribution in [0.2, 0.25) is 0 Å². The Balaban J connectivity index is 2.27. The molecule has 4 nitrogen and oxygen atoms in total. The van der Waals surface area contributed by atoms with Gasteiger partial charge in [-0.25, -0.2) is 4.79 Å². The number of alkyl carbamates (subject to hydrolysis) is 1. The van der Waals surface area contributed by atoms with Crippen molar-refractivity contribution in [2.45, 2.75) is 38.8 Å². The lowest BCUT2D eigenvalue weighted by atomic mass is 10.2. The molecule has 0 radical (unpaired) electrons. The summed E-state index contributed by atoms with van der Waals surface area (Å²) in [5.41, 5.74) is -0.424. The molecule has 1 saturated heterocycles. The maximum Gasteiger partial charge on any atom is 0.407 e. The topological polar surface area (TPSA) is 41.6 Å². The van der Waals surface area contributed by atoms with E-state index in [2.05, 4.69) is 12.4 Å². The van der Waals surface area contributed by atoms with Crippen molar-refractivity contribution in [2.75, 3.05) is 13.1 Å². The van der Waals surface area contributed by atoms with Crippen molar-refractivity contribution >= 4 is 6.09 Å². The van der Waals surface area contributed by atoms with Crippen molar-refractivity contribution in [2.24, 2.45) is 0 Å². The number of hydrogen-bond donors (Lipinski definition) is 1. The van der Waals surface area contributed by atoms with E-state index in [1.54, 1.807) is 0 Å². The number of nitrogens with zero attached hydrogens (tertiary/aromatic N) is 1. The second-order valence-corrected chi connectivity index (χ2v) is 4.71. The average Bonchev–Trinajstić information content (AvgIpc) is 2.30. The van der Waals surface area contributed by atoms with Crippen LogP contribution in [0.3, 0.4) is 0 Å². The lowest BCUT2D eigenvalue weighted by Gasteiger charge is -2.22. The molecule has 0 saturated carbocycles. The fourth-order valence-electron chi connectivity index (χ4n) is 1.42. The van der Waals surface area contributed by atoms with Gasteiger partial charge in [-0.15, -0.1) is 0 Å². The highest BCUT2D eigenvalue weighted by atomic mass is 16.6. The Morgan fingerprint density at radius 2 is 2.21 bits per heavy atom. The van der Waals surface area contributed by atoms with E-state index in [0.29, 0.717) is 0 Å². The van der Waals surface area contributed by atoms with Gasteiger partial charge >= 0.3 is 6.09 Å². The minimum absolute atomic E-state index is 0.183. The largest absolute Gasteiger partial charge is 0.457 e. The number of rotatable bonds is 1. The Labute approximate surface area is 85.6 Å². The number of carbonyl (C=O) groups is 1. The van der Waals surface area contributed by atoms with Crippen molar-refractivity contribution in [3.8, 4) is 0 Å². The van der Waals surface area contributed by atoms with Crippen molar-refractivity contribution in [1.82, 2.24) is 10.2 Å². The van der Waals surface area contributed by atoms with Gasteiger partial charge in [0.15, 0.2) is 0 Å². The van der Waals surface area contributed by atoms with E-state index in [1.165, 1.54) is 0 Å². The zero-order valence-corrected chi connectivity index (χ0v) is 9.17. The van der Waals surface area contributed by atoms with Crippen molar-refractivity contribution < 1.29 is 9.53 Å². The number of nitrogens with one attached hydrogen (secondary N) is 1. The van der Waals surface area contributed by atoms with Crippen LogP contribution in [0.4, 0.5) is 4.79 Å². The third kappa shape index (κ3) is 3.96. The SMILES string of the molecule is [CH2-]N1CCC(NC(=O)OC(C)(C)C)C1. The molecule has 1 atom stereocenters. The van der Waals surface area contributed by atoms with Gasteiger partial charge < -0.3 is 15.0 Å². The molecule has 0 spiro atoms. The van der Waals surface area contributed by atoms with E-state index in [-0.39, 0.29) is 12.1 Å². The molecule has 4 heteroatoms. The molecule has 1 heterocycles. The molecule has 14 heavy (non-hydrogen) atoms. The molecule has 1 N–H and O–H groups in total. The van der Waals surface area contributed by atoms with E-state index in [1.807, 2.05) is 25.7 Å². The molecule has 1 amide bonds. The summed E-state index contributed by atoms with van der Waals surface area (Å²) in [4.78, 5) is 13.3. The van der Waals surface area contributed by atoms with Crippen LogP contribution in [-0.2, 0) is 4.74 Å². The van der Waals surface area contributed by atoms with Gasteiger partial charge in [0.25, 0.3) is 0 Å². The average molecular weight is 199 g/mol. The molecule has 0 aliphatic carbocycles. The lowest BCUT2D eigenvalue weighted by molar-refractivity contribution is 0.0507. The summed E-state index contributed by atoms with van der Waals surface area (Å²) < 4.78 is 5.15. The summed E-state index contributed by atoms with van der Waals surface area (Å²) in [7, 11) is 3.81. The molecule has 1 rings (SSSR count). The summed E-state index contributed by atoms with van der Waals surface area (Å²) in [5.74, 6) is 0. The summed E-state index contributed by atoms with van der Waals surface area (Å²) >= 11 is 0. The van der Waals surface area contributed by atoms with Crippen LogP contribution >= 0.6 is 0 Å². The first kappa shape index (κ1) is 11.3. The van der Waals surface area contributed by atoms with Crippen LogP contribution in [-0.4, -0.2) is 35.7 Å². The van der Waals surface area contributed by atoms with E-state index in [0.717, 1.165) is 19.5 Å². The van der Waals surface area contributed by atoms with E-state index in [4.69, 9.17) is 4.74 Å². The van der Waals surface area contributed by atoms with Gasteiger partial charge in [0.2, 0.25) is 0 Å². The summed E-state index contributed by atoms with van der Waals surface area (Å²) in [6, 6.07) is 0.183. The van der Waals surface area contributed by atoms with Gasteiger partial charge in [-0.2, -0.15) is 0 Å². The molecule has 0 aromatic rings. The van der Waals surface area contributed by atoms with Crippen LogP contribution < -0.4 is 5.32 Å². The minimum Gasteiger partial charge on any atom is -0.457 e. The van der Waals surface area contributed by atoms with Crippen molar-refractivity contribution in [1.29, 1.82) is 0 Å². The molecule has 1 unspecified atom stereocenters. The quantitative estimate of drug-likeness (QED) is 0.649. The van der Waals surface area contributed by atoms with Crippen molar-refractivity contribution in [3.05, 3.63) is 7.05 Å². The zero-order valence-electron chi connectivity index (χ0n) is 9.17. The van der Waals surface area contributed by atoms with Crippen LogP contribution in [0.5, 0.6) is 0 Å². The molecule has 0 bridgehead atoms. The fraction of sp³-hybridized carbons (Fsp3) is 0.800. The zero-order chi connectivity index (χ0) is 10.8. The molecule has 0 aromatic carbocycles. The van der Waals surface area contributed by atoms with Gasteiger partial charge in [-0.1, -0.05) is 0 Å². The molecule has 1 aliphatic heterocycles. The Kier molecular flexibility index (Phi) is 3.37. The second-order valence-electron chi connectivity index (χ2n) is 4.71. The summed E-state index contributed by atoms with van der Waals surface area (Å²) in [6.07, 6.45) is 0.612. The highest BCUT2D eigenvalue weighted by Gasteiger charge is 2.21. The lowest BCUT2D eigenvalue weighted by Crippen LogP contribution is -2.40. The second kappa shape index (κ2) is 4.17. The van der Waals surface area contributed by atoms with E-state index >= 15 is 0 Å². The Hall–Kier alpha value is -0.770. The Morgan fingerprint density at radius 3 is 2.64 bits per heavy atom. The van der Waals surface area contributed by atoms with Crippen LogP contribution in [0, 0.1) is 7.05 Å². The first-order chi connectivity index (χ1) is 6.37. The van der Waals surface area contributed by atoms with Crippen LogP contribution in [0.15, 0.2) is 0 Å². The Bertz CT molecular complexity index is 211. The third-order valence-electron chi connectivity index (χ3n) is 1.99. The third-order valence-corrected chi connectivity index (χ3v) is 1.99. The standard InChI is InChI=1S/C10H19N2O2/c1-10(2,3)14-9(13)11-8-5-6-12(4)7-8/h8H,4-7H2,1-3H3,(H,11,13)/q-1.